The maximum absolute atomic E-state index is 7.14. The van der Waals surface area contributed by atoms with Crippen LogP contribution >= 0.6 is 0 Å². The molecular formula is C69H42N6O. The molecule has 7 heteroatoms. The lowest BCUT2D eigenvalue weighted by Crippen LogP contribution is -2.03. The molecule has 0 aliphatic rings. The number of nitrogens with zero attached hydrogens (tertiary/aromatic N) is 6. The van der Waals surface area contributed by atoms with Crippen molar-refractivity contribution in [3.05, 3.63) is 255 Å². The van der Waals surface area contributed by atoms with Crippen LogP contribution in [0.1, 0.15) is 0 Å². The maximum Gasteiger partial charge on any atom is 0.167 e. The maximum atomic E-state index is 7.14. The highest BCUT2D eigenvalue weighted by Crippen LogP contribution is 2.49. The third kappa shape index (κ3) is 6.26. The van der Waals surface area contributed by atoms with Crippen LogP contribution in [0.2, 0.25) is 0 Å². The zero-order chi connectivity index (χ0) is 49.8. The van der Waals surface area contributed by atoms with E-state index in [2.05, 4.69) is 226 Å². The SMILES string of the molecule is c1ccc(-c2ccc(-c3nc(-c4ccccc4)nc(-c4ccc(-n5c6ccccc6c6c5c(-n5c7ccccc7c7ccccc75)cc5c7ccccc7n(-c7ccccc7)c56)c5c4oc4ccccc45)n3)cc2)cc1. The highest BCUT2D eigenvalue weighted by molar-refractivity contribution is 6.29. The van der Waals surface area contributed by atoms with Crippen molar-refractivity contribution >= 4 is 87.4 Å². The first-order valence-corrected chi connectivity index (χ1v) is 25.7. The molecule has 0 spiro atoms. The fourth-order valence-electron chi connectivity index (χ4n) is 12.0. The van der Waals surface area contributed by atoms with Crippen molar-refractivity contribution in [1.29, 1.82) is 0 Å². The second kappa shape index (κ2) is 16.6. The van der Waals surface area contributed by atoms with Crippen molar-refractivity contribution in [3.8, 4) is 62.4 Å². The van der Waals surface area contributed by atoms with Gasteiger partial charge in [0.25, 0.3) is 0 Å². The number of benzene rings is 11. The second-order valence-corrected chi connectivity index (χ2v) is 19.5. The van der Waals surface area contributed by atoms with Crippen molar-refractivity contribution < 1.29 is 4.42 Å². The molecule has 16 aromatic rings. The third-order valence-electron chi connectivity index (χ3n) is 15.3. The molecule has 7 nitrogen and oxygen atoms in total. The van der Waals surface area contributed by atoms with E-state index in [9.17, 15) is 0 Å². The average Bonchev–Trinajstić information content (AvgIpc) is 4.30. The summed E-state index contributed by atoms with van der Waals surface area (Å²) in [6, 6.07) is 90.3. The average molecular weight is 971 g/mol. The Morgan fingerprint density at radius 1 is 0.289 bits per heavy atom. The summed E-state index contributed by atoms with van der Waals surface area (Å²) >= 11 is 0. The van der Waals surface area contributed by atoms with Crippen molar-refractivity contribution in [2.45, 2.75) is 0 Å². The number of fused-ring (bicyclic) bond motifs is 13. The van der Waals surface area contributed by atoms with E-state index in [0.29, 0.717) is 23.1 Å². The van der Waals surface area contributed by atoms with Crippen molar-refractivity contribution in [2.24, 2.45) is 0 Å². The van der Waals surface area contributed by atoms with Gasteiger partial charge in [-0.2, -0.15) is 0 Å². The molecule has 0 bridgehead atoms. The Morgan fingerprint density at radius 3 is 1.39 bits per heavy atom. The summed E-state index contributed by atoms with van der Waals surface area (Å²) in [4.78, 5) is 15.7. The molecule has 0 atom stereocenters. The van der Waals surface area contributed by atoms with Crippen molar-refractivity contribution in [1.82, 2.24) is 28.7 Å². The van der Waals surface area contributed by atoms with Crippen LogP contribution in [0.3, 0.4) is 0 Å². The summed E-state index contributed by atoms with van der Waals surface area (Å²) in [5.41, 5.74) is 16.2. The molecule has 354 valence electrons. The molecule has 0 aliphatic carbocycles. The topological polar surface area (TPSA) is 66.6 Å². The lowest BCUT2D eigenvalue weighted by molar-refractivity contribution is 0.669. The Kier molecular flexibility index (Phi) is 9.20. The number of aromatic nitrogens is 6. The van der Waals surface area contributed by atoms with Gasteiger partial charge in [-0.15, -0.1) is 0 Å². The minimum Gasteiger partial charge on any atom is -0.455 e. The third-order valence-corrected chi connectivity index (χ3v) is 15.3. The minimum absolute atomic E-state index is 0.522. The molecule has 16 rings (SSSR count). The molecule has 0 amide bonds. The van der Waals surface area contributed by atoms with Crippen molar-refractivity contribution in [3.63, 3.8) is 0 Å². The smallest absolute Gasteiger partial charge is 0.167 e. The lowest BCUT2D eigenvalue weighted by Gasteiger charge is -2.17. The highest BCUT2D eigenvalue weighted by atomic mass is 16.3. The molecule has 5 aromatic heterocycles. The zero-order valence-corrected chi connectivity index (χ0v) is 40.8. The van der Waals surface area contributed by atoms with Gasteiger partial charge in [0.1, 0.15) is 11.2 Å². The lowest BCUT2D eigenvalue weighted by atomic mass is 10.0. The Bertz CT molecular complexity index is 4920. The zero-order valence-electron chi connectivity index (χ0n) is 40.8. The largest absolute Gasteiger partial charge is 0.455 e. The second-order valence-electron chi connectivity index (χ2n) is 19.5. The van der Waals surface area contributed by atoms with E-state index in [1.54, 1.807) is 0 Å². The summed E-state index contributed by atoms with van der Waals surface area (Å²) in [6.45, 7) is 0. The van der Waals surface area contributed by atoms with Gasteiger partial charge >= 0.3 is 0 Å². The van der Waals surface area contributed by atoms with Crippen molar-refractivity contribution in [2.75, 3.05) is 0 Å². The van der Waals surface area contributed by atoms with Gasteiger partial charge in [-0.3, -0.25) is 0 Å². The molecule has 0 radical (unpaired) electrons. The van der Waals surface area contributed by atoms with Crippen LogP contribution in [0.4, 0.5) is 0 Å². The molecular weight excluding hydrogens is 929 g/mol. The first kappa shape index (κ1) is 42.2. The number of rotatable bonds is 7. The highest BCUT2D eigenvalue weighted by Gasteiger charge is 2.29. The van der Waals surface area contributed by atoms with Crippen LogP contribution in [-0.4, -0.2) is 28.7 Å². The normalized spacial score (nSPS) is 11.9. The van der Waals surface area contributed by atoms with Crippen LogP contribution in [0, 0.1) is 0 Å². The Balaban J connectivity index is 1.03. The monoisotopic (exact) mass is 970 g/mol. The van der Waals surface area contributed by atoms with E-state index in [1.807, 2.05) is 42.5 Å². The quantitative estimate of drug-likeness (QED) is 0.160. The van der Waals surface area contributed by atoms with E-state index in [-0.39, 0.29) is 0 Å². The number of hydrogen-bond donors (Lipinski definition) is 0. The summed E-state index contributed by atoms with van der Waals surface area (Å²) in [5.74, 6) is 1.68. The van der Waals surface area contributed by atoms with Crippen LogP contribution in [0.5, 0.6) is 0 Å². The van der Waals surface area contributed by atoms with Gasteiger partial charge in [-0.25, -0.2) is 15.0 Å². The fraction of sp³-hybridized carbons (Fsp3) is 0. The van der Waals surface area contributed by atoms with E-state index in [4.69, 9.17) is 19.4 Å². The summed E-state index contributed by atoms with van der Waals surface area (Å²) in [6.07, 6.45) is 0. The molecule has 0 saturated carbocycles. The Morgan fingerprint density at radius 2 is 0.750 bits per heavy atom. The van der Waals surface area contributed by atoms with E-state index < -0.39 is 0 Å². The number of para-hydroxylation sites is 6. The van der Waals surface area contributed by atoms with Gasteiger partial charge in [0.15, 0.2) is 17.5 Å². The predicted octanol–water partition coefficient (Wildman–Crippen LogP) is 17.7. The number of furan rings is 1. The summed E-state index contributed by atoms with van der Waals surface area (Å²) in [7, 11) is 0. The Labute approximate surface area is 435 Å². The first-order valence-electron chi connectivity index (χ1n) is 25.7. The van der Waals surface area contributed by atoms with E-state index >= 15 is 0 Å². The number of hydrogen-bond acceptors (Lipinski definition) is 4. The van der Waals surface area contributed by atoms with Crippen LogP contribution in [0.25, 0.3) is 150 Å². The molecule has 76 heavy (non-hydrogen) atoms. The van der Waals surface area contributed by atoms with E-state index in [1.165, 1.54) is 21.5 Å². The predicted molar refractivity (Wildman–Crippen MR) is 312 cm³/mol. The van der Waals surface area contributed by atoms with Crippen LogP contribution in [0.15, 0.2) is 259 Å². The minimum atomic E-state index is 0.522. The molecule has 5 heterocycles. The van der Waals surface area contributed by atoms with Crippen LogP contribution in [-0.2, 0) is 0 Å². The first-order chi connectivity index (χ1) is 37.7. The molecule has 0 N–H and O–H groups in total. The molecule has 0 aliphatic heterocycles. The molecule has 0 saturated heterocycles. The standard InChI is InChI=1S/C69H42N6O/c1-4-20-43(21-5-1)44-36-38-46(39-37-44)68-70-67(45-22-6-2-7-23-45)71-69(72-68)53-40-41-59(62-52-30-14-19-35-61(52)76-66(53)62)75-58-34-18-13-29-51(58)63-64-54(50-28-12-15-31-55(50)73(64)47-24-8-3-9-25-47)42-60(65(63)75)74-56-32-16-10-26-48(56)49-27-11-17-33-57(49)74/h1-42H. The van der Waals surface area contributed by atoms with Gasteiger partial charge in [-0.05, 0) is 71.8 Å². The molecule has 0 unspecified atom stereocenters. The fourth-order valence-corrected chi connectivity index (χ4v) is 12.0. The van der Waals surface area contributed by atoms with Crippen LogP contribution < -0.4 is 0 Å². The summed E-state index contributed by atoms with van der Waals surface area (Å²) in [5, 5.41) is 9.02. The van der Waals surface area contributed by atoms with Gasteiger partial charge in [0.05, 0.1) is 55.4 Å². The Hall–Kier alpha value is -10.4. The van der Waals surface area contributed by atoms with Gasteiger partial charge < -0.3 is 18.1 Å². The molecule has 11 aromatic carbocycles. The van der Waals surface area contributed by atoms with Gasteiger partial charge in [-0.1, -0.05) is 194 Å². The van der Waals surface area contributed by atoms with Gasteiger partial charge in [0.2, 0.25) is 0 Å². The van der Waals surface area contributed by atoms with Gasteiger partial charge in [0, 0.05) is 54.5 Å². The molecule has 0 fully saturated rings. The summed E-state index contributed by atoms with van der Waals surface area (Å²) < 4.78 is 14.6. The van der Waals surface area contributed by atoms with E-state index in [0.717, 1.165) is 105 Å².